The molecule has 4 heteroatoms. The molecule has 2 rings (SSSR count). The van der Waals surface area contributed by atoms with Crippen molar-refractivity contribution in [3.8, 4) is 0 Å². The minimum Gasteiger partial charge on any atom is -0.393 e. The first-order chi connectivity index (χ1) is 8.18. The molecule has 2 saturated carbocycles. The standard InChI is InChI=1S/C13H22N2OS/c14-12(17)10-7-4-8-11(10)15-13(16)9-5-2-1-3-6-9/h9-11H,1-8H2,(H2,14,17)(H,15,16). The van der Waals surface area contributed by atoms with E-state index in [0.717, 1.165) is 32.1 Å². The van der Waals surface area contributed by atoms with Gasteiger partial charge in [0.25, 0.3) is 0 Å². The normalized spacial score (nSPS) is 30.1. The maximum absolute atomic E-state index is 12.1. The summed E-state index contributed by atoms with van der Waals surface area (Å²) in [6, 6.07) is 0.196. The highest BCUT2D eigenvalue weighted by Crippen LogP contribution is 2.28. The Kier molecular flexibility index (Phi) is 4.37. The molecule has 0 spiro atoms. The zero-order valence-corrected chi connectivity index (χ0v) is 11.1. The maximum Gasteiger partial charge on any atom is 0.223 e. The van der Waals surface area contributed by atoms with Gasteiger partial charge in [-0.05, 0) is 25.7 Å². The van der Waals surface area contributed by atoms with Gasteiger partial charge in [-0.15, -0.1) is 0 Å². The minimum absolute atomic E-state index is 0.196. The Balaban J connectivity index is 1.86. The Morgan fingerprint density at radius 2 is 1.76 bits per heavy atom. The number of thiocarbonyl (C=S) groups is 1. The smallest absolute Gasteiger partial charge is 0.223 e. The molecule has 1 amide bonds. The van der Waals surface area contributed by atoms with Crippen molar-refractivity contribution in [3.63, 3.8) is 0 Å². The summed E-state index contributed by atoms with van der Waals surface area (Å²) in [6.45, 7) is 0. The van der Waals surface area contributed by atoms with Gasteiger partial charge in [0.05, 0.1) is 4.99 Å². The van der Waals surface area contributed by atoms with Gasteiger partial charge < -0.3 is 11.1 Å². The van der Waals surface area contributed by atoms with Crippen molar-refractivity contribution in [2.24, 2.45) is 17.6 Å². The van der Waals surface area contributed by atoms with Crippen molar-refractivity contribution in [3.05, 3.63) is 0 Å². The van der Waals surface area contributed by atoms with Crippen LogP contribution in [0.25, 0.3) is 0 Å². The summed E-state index contributed by atoms with van der Waals surface area (Å²) >= 11 is 5.07. The Labute approximate surface area is 109 Å². The Hall–Kier alpha value is -0.640. The number of carbonyl (C=O) groups excluding carboxylic acids is 1. The minimum atomic E-state index is 0.196. The van der Waals surface area contributed by atoms with Gasteiger partial charge >= 0.3 is 0 Å². The first kappa shape index (κ1) is 12.8. The summed E-state index contributed by atoms with van der Waals surface area (Å²) in [5.41, 5.74) is 5.72. The van der Waals surface area contributed by atoms with Crippen LogP contribution in [0.3, 0.4) is 0 Å². The lowest BCUT2D eigenvalue weighted by atomic mass is 9.88. The summed E-state index contributed by atoms with van der Waals surface area (Å²) in [4.78, 5) is 12.7. The van der Waals surface area contributed by atoms with Crippen molar-refractivity contribution >= 4 is 23.1 Å². The molecule has 0 heterocycles. The lowest BCUT2D eigenvalue weighted by molar-refractivity contribution is -0.126. The lowest BCUT2D eigenvalue weighted by Crippen LogP contribution is -2.44. The summed E-state index contributed by atoms with van der Waals surface area (Å²) in [5, 5.41) is 3.17. The largest absolute Gasteiger partial charge is 0.393 e. The first-order valence-corrected chi connectivity index (χ1v) is 7.19. The van der Waals surface area contributed by atoms with Crippen LogP contribution in [0.4, 0.5) is 0 Å². The van der Waals surface area contributed by atoms with Crippen molar-refractivity contribution < 1.29 is 4.79 Å². The second-order valence-electron chi connectivity index (χ2n) is 5.39. The van der Waals surface area contributed by atoms with Crippen LogP contribution in [0, 0.1) is 11.8 Å². The van der Waals surface area contributed by atoms with Crippen LogP contribution in [0.1, 0.15) is 51.4 Å². The highest BCUT2D eigenvalue weighted by Gasteiger charge is 2.32. The molecule has 2 unspecified atom stereocenters. The van der Waals surface area contributed by atoms with Crippen LogP contribution < -0.4 is 11.1 Å². The molecule has 0 bridgehead atoms. The van der Waals surface area contributed by atoms with E-state index in [1.54, 1.807) is 0 Å². The molecule has 0 saturated heterocycles. The van der Waals surface area contributed by atoms with Gasteiger partial charge in [0, 0.05) is 17.9 Å². The number of nitrogens with two attached hydrogens (primary N) is 1. The summed E-state index contributed by atoms with van der Waals surface area (Å²) in [7, 11) is 0. The molecule has 96 valence electrons. The fraction of sp³-hybridized carbons (Fsp3) is 0.846. The van der Waals surface area contributed by atoms with Gasteiger partial charge in [-0.1, -0.05) is 37.9 Å². The summed E-state index contributed by atoms with van der Waals surface area (Å²) < 4.78 is 0. The van der Waals surface area contributed by atoms with E-state index in [-0.39, 0.29) is 23.8 Å². The molecule has 17 heavy (non-hydrogen) atoms. The number of rotatable bonds is 3. The van der Waals surface area contributed by atoms with Crippen LogP contribution in [-0.4, -0.2) is 16.9 Å². The van der Waals surface area contributed by atoms with Gasteiger partial charge in [-0.25, -0.2) is 0 Å². The Morgan fingerprint density at radius 3 is 2.41 bits per heavy atom. The third-order valence-electron chi connectivity index (χ3n) is 4.19. The SMILES string of the molecule is NC(=S)C1CCCC1NC(=O)C1CCCCC1. The van der Waals surface area contributed by atoms with Crippen molar-refractivity contribution in [1.29, 1.82) is 0 Å². The van der Waals surface area contributed by atoms with E-state index in [9.17, 15) is 4.79 Å². The summed E-state index contributed by atoms with van der Waals surface area (Å²) in [6.07, 6.45) is 8.96. The molecule has 0 aromatic rings. The highest BCUT2D eigenvalue weighted by molar-refractivity contribution is 7.80. The molecular weight excluding hydrogens is 232 g/mol. The predicted octanol–water partition coefficient (Wildman–Crippen LogP) is 2.14. The second-order valence-corrected chi connectivity index (χ2v) is 5.86. The molecule has 2 aliphatic carbocycles. The third kappa shape index (κ3) is 3.18. The van der Waals surface area contributed by atoms with Crippen molar-refractivity contribution in [1.82, 2.24) is 5.32 Å². The zero-order valence-electron chi connectivity index (χ0n) is 10.3. The fourth-order valence-corrected chi connectivity index (χ4v) is 3.42. The number of carbonyl (C=O) groups is 1. The topological polar surface area (TPSA) is 55.1 Å². The highest BCUT2D eigenvalue weighted by atomic mass is 32.1. The molecule has 3 N–H and O–H groups in total. The van der Waals surface area contributed by atoms with Gasteiger partial charge in [-0.3, -0.25) is 4.79 Å². The number of hydrogen-bond acceptors (Lipinski definition) is 2. The number of hydrogen-bond donors (Lipinski definition) is 2. The van der Waals surface area contributed by atoms with Crippen LogP contribution in [0.5, 0.6) is 0 Å². The molecule has 2 atom stereocenters. The van der Waals surface area contributed by atoms with Gasteiger partial charge in [0.15, 0.2) is 0 Å². The van der Waals surface area contributed by atoms with Crippen molar-refractivity contribution in [2.75, 3.05) is 0 Å². The van der Waals surface area contributed by atoms with Crippen LogP contribution >= 0.6 is 12.2 Å². The maximum atomic E-state index is 12.1. The number of nitrogens with one attached hydrogen (secondary N) is 1. The molecule has 0 aromatic heterocycles. The molecular formula is C13H22N2OS. The molecule has 3 nitrogen and oxygen atoms in total. The van der Waals surface area contributed by atoms with Crippen LogP contribution in [0.15, 0.2) is 0 Å². The first-order valence-electron chi connectivity index (χ1n) is 6.78. The monoisotopic (exact) mass is 254 g/mol. The average Bonchev–Trinajstić information content (AvgIpc) is 2.78. The van der Waals surface area contributed by atoms with Crippen LogP contribution in [-0.2, 0) is 4.79 Å². The lowest BCUT2D eigenvalue weighted by Gasteiger charge is -2.25. The Bertz CT molecular complexity index is 300. The predicted molar refractivity (Wildman–Crippen MR) is 72.6 cm³/mol. The zero-order chi connectivity index (χ0) is 12.3. The Morgan fingerprint density at radius 1 is 1.06 bits per heavy atom. The van der Waals surface area contributed by atoms with Crippen LogP contribution in [0.2, 0.25) is 0 Å². The average molecular weight is 254 g/mol. The molecule has 0 aliphatic heterocycles. The fourth-order valence-electron chi connectivity index (χ4n) is 3.14. The molecule has 2 fully saturated rings. The van der Waals surface area contributed by atoms with E-state index >= 15 is 0 Å². The van der Waals surface area contributed by atoms with E-state index in [4.69, 9.17) is 18.0 Å². The van der Waals surface area contributed by atoms with E-state index in [1.807, 2.05) is 0 Å². The van der Waals surface area contributed by atoms with Gasteiger partial charge in [0.2, 0.25) is 5.91 Å². The van der Waals surface area contributed by atoms with Gasteiger partial charge in [-0.2, -0.15) is 0 Å². The molecule has 0 radical (unpaired) electrons. The molecule has 2 aliphatic rings. The van der Waals surface area contributed by atoms with E-state index in [2.05, 4.69) is 5.32 Å². The van der Waals surface area contributed by atoms with E-state index < -0.39 is 0 Å². The quantitative estimate of drug-likeness (QED) is 0.759. The van der Waals surface area contributed by atoms with Gasteiger partial charge in [0.1, 0.15) is 0 Å². The molecule has 0 aromatic carbocycles. The summed E-state index contributed by atoms with van der Waals surface area (Å²) in [5.74, 6) is 0.687. The number of amides is 1. The van der Waals surface area contributed by atoms with Crippen molar-refractivity contribution in [2.45, 2.75) is 57.4 Å². The second kappa shape index (κ2) is 5.80. The van der Waals surface area contributed by atoms with E-state index in [1.165, 1.54) is 19.3 Å². The third-order valence-corrected chi connectivity index (χ3v) is 4.49. The van der Waals surface area contributed by atoms with E-state index in [0.29, 0.717) is 4.99 Å².